The summed E-state index contributed by atoms with van der Waals surface area (Å²) in [5, 5.41) is 13.0. The van der Waals surface area contributed by atoms with E-state index < -0.39 is 29.3 Å². The minimum absolute atomic E-state index is 0.0426. The smallest absolute Gasteiger partial charge is 0.266 e. The van der Waals surface area contributed by atoms with Crippen LogP contribution in [0.4, 0.5) is 19.0 Å². The topological polar surface area (TPSA) is 78.7 Å². The van der Waals surface area contributed by atoms with Crippen LogP contribution in [0.5, 0.6) is 0 Å². The van der Waals surface area contributed by atoms with E-state index in [1.54, 1.807) is 6.92 Å². The maximum Gasteiger partial charge on any atom is 0.266 e. The number of nitrogens with zero attached hydrogens (tertiary/aromatic N) is 3. The van der Waals surface area contributed by atoms with Crippen LogP contribution in [0.2, 0.25) is 5.28 Å². The number of Topliss-reactive ketones (excluding diaryl/α,β-unsaturated/α-hetero) is 1. The van der Waals surface area contributed by atoms with Gasteiger partial charge in [-0.25, -0.2) is 23.1 Å². The van der Waals surface area contributed by atoms with Gasteiger partial charge in [-0.05, 0) is 68.9 Å². The molecule has 0 spiro atoms. The normalized spacial score (nSPS) is 24.3. The van der Waals surface area contributed by atoms with Crippen molar-refractivity contribution in [2.24, 2.45) is 17.3 Å². The van der Waals surface area contributed by atoms with Crippen LogP contribution in [0, 0.1) is 34.4 Å². The Labute approximate surface area is 220 Å². The number of benzene rings is 1. The summed E-state index contributed by atoms with van der Waals surface area (Å²) in [6.45, 7) is 3.79. The maximum absolute atomic E-state index is 14.7. The average Bonchev–Trinajstić information content (AvgIpc) is 2.87. The minimum atomic E-state index is -2.91. The van der Waals surface area contributed by atoms with Crippen molar-refractivity contribution in [1.29, 1.82) is 5.26 Å². The Morgan fingerprint density at radius 3 is 2.76 bits per heavy atom. The zero-order chi connectivity index (χ0) is 26.7. The molecule has 0 aliphatic heterocycles. The van der Waals surface area contributed by atoms with E-state index in [0.29, 0.717) is 50.3 Å². The molecule has 5 nitrogen and oxygen atoms in total. The van der Waals surface area contributed by atoms with Gasteiger partial charge >= 0.3 is 0 Å². The molecule has 3 unspecified atom stereocenters. The number of hydrogen-bond donors (Lipinski definition) is 1. The van der Waals surface area contributed by atoms with Gasteiger partial charge in [0.15, 0.2) is 5.78 Å². The molecule has 2 aliphatic rings. The summed E-state index contributed by atoms with van der Waals surface area (Å²) < 4.78 is 41.1. The first-order chi connectivity index (χ1) is 17.6. The van der Waals surface area contributed by atoms with E-state index in [0.717, 1.165) is 36.6 Å². The van der Waals surface area contributed by atoms with Crippen LogP contribution >= 0.6 is 11.6 Å². The van der Waals surface area contributed by atoms with E-state index in [9.17, 15) is 23.2 Å². The highest BCUT2D eigenvalue weighted by Gasteiger charge is 2.41. The van der Waals surface area contributed by atoms with Crippen LogP contribution in [0.1, 0.15) is 93.6 Å². The molecule has 0 bridgehead atoms. The molecule has 37 heavy (non-hydrogen) atoms. The van der Waals surface area contributed by atoms with Gasteiger partial charge < -0.3 is 5.32 Å². The van der Waals surface area contributed by atoms with Gasteiger partial charge in [0.2, 0.25) is 5.28 Å². The predicted molar refractivity (Wildman–Crippen MR) is 136 cm³/mol. The van der Waals surface area contributed by atoms with Crippen LogP contribution in [-0.2, 0) is 17.6 Å². The second kappa shape index (κ2) is 11.4. The first-order valence-electron chi connectivity index (χ1n) is 13.0. The lowest BCUT2D eigenvalue weighted by molar-refractivity contribution is -0.128. The monoisotopic (exact) mass is 532 g/mol. The molecule has 198 valence electrons. The number of ketones is 1. The highest BCUT2D eigenvalue weighted by molar-refractivity contribution is 6.28. The molecule has 0 amide bonds. The van der Waals surface area contributed by atoms with Gasteiger partial charge in [-0.3, -0.25) is 4.79 Å². The number of anilines is 1. The highest BCUT2D eigenvalue weighted by Crippen LogP contribution is 2.42. The van der Waals surface area contributed by atoms with Gasteiger partial charge in [-0.1, -0.05) is 38.0 Å². The Balaban J connectivity index is 1.48. The van der Waals surface area contributed by atoms with Crippen molar-refractivity contribution in [2.45, 2.75) is 84.1 Å². The third kappa shape index (κ3) is 5.93. The number of aromatic nitrogens is 2. The molecule has 9 heteroatoms. The Morgan fingerprint density at radius 1 is 1.30 bits per heavy atom. The SMILES string of the molecule is CC1CCCC(C#N)(C(=O)CCC2CCc3nc(Cl)nc(N[C@H](C)c4cccc(C(F)F)c4F)c3C2)C1. The lowest BCUT2D eigenvalue weighted by atomic mass is 9.67. The molecular formula is C28H32ClF3N4O. The molecule has 1 fully saturated rings. The quantitative estimate of drug-likeness (QED) is 0.355. The Bertz CT molecular complexity index is 1200. The summed E-state index contributed by atoms with van der Waals surface area (Å²) in [7, 11) is 0. The standard InChI is InChI=1S/C28H32ClF3N4O/c1-16-5-4-12-28(14-16,15-33)23(37)11-9-18-8-10-22-21(13-18)26(36-27(29)35-22)34-17(2)19-6-3-7-20(24(19)30)25(31)32/h3,6-7,16-18,25H,4-5,8-14H2,1-2H3,(H,34,35,36)/t16?,17-,18?,28?/m1/s1. The van der Waals surface area contributed by atoms with E-state index in [2.05, 4.69) is 28.3 Å². The van der Waals surface area contributed by atoms with Crippen molar-refractivity contribution >= 4 is 23.2 Å². The molecule has 2 aliphatic carbocycles. The van der Waals surface area contributed by atoms with Crippen LogP contribution in [0.25, 0.3) is 0 Å². The Morgan fingerprint density at radius 2 is 2.05 bits per heavy atom. The molecule has 0 radical (unpaired) electrons. The van der Waals surface area contributed by atoms with Crippen molar-refractivity contribution in [3.05, 3.63) is 51.7 Å². The second-order valence-corrected chi connectivity index (χ2v) is 11.0. The Hall–Kier alpha value is -2.66. The summed E-state index contributed by atoms with van der Waals surface area (Å²) >= 11 is 6.17. The van der Waals surface area contributed by atoms with E-state index in [-0.39, 0.29) is 22.5 Å². The summed E-state index contributed by atoms with van der Waals surface area (Å²) in [4.78, 5) is 21.9. The van der Waals surface area contributed by atoms with E-state index in [1.807, 2.05) is 0 Å². The van der Waals surface area contributed by atoms with Crippen LogP contribution in [0.15, 0.2) is 18.2 Å². The average molecular weight is 533 g/mol. The van der Waals surface area contributed by atoms with Crippen LogP contribution in [-0.4, -0.2) is 15.8 Å². The zero-order valence-corrected chi connectivity index (χ0v) is 21.9. The number of rotatable bonds is 8. The summed E-state index contributed by atoms with van der Waals surface area (Å²) in [5.41, 5.74) is 0.268. The fourth-order valence-electron chi connectivity index (χ4n) is 5.92. The predicted octanol–water partition coefficient (Wildman–Crippen LogP) is 7.55. The fourth-order valence-corrected chi connectivity index (χ4v) is 6.10. The van der Waals surface area contributed by atoms with E-state index in [4.69, 9.17) is 11.6 Å². The largest absolute Gasteiger partial charge is 0.363 e. The molecular weight excluding hydrogens is 501 g/mol. The fraction of sp³-hybridized carbons (Fsp3) is 0.571. The zero-order valence-electron chi connectivity index (χ0n) is 21.2. The first-order valence-corrected chi connectivity index (χ1v) is 13.3. The molecule has 2 aromatic rings. The van der Waals surface area contributed by atoms with E-state index in [1.165, 1.54) is 12.1 Å². The van der Waals surface area contributed by atoms with Gasteiger partial charge in [0, 0.05) is 17.5 Å². The second-order valence-electron chi connectivity index (χ2n) is 10.6. The number of nitriles is 1. The maximum atomic E-state index is 14.7. The highest BCUT2D eigenvalue weighted by atomic mass is 35.5. The van der Waals surface area contributed by atoms with Crippen LogP contribution < -0.4 is 5.32 Å². The molecule has 4 atom stereocenters. The van der Waals surface area contributed by atoms with Gasteiger partial charge in [0.25, 0.3) is 6.43 Å². The number of nitrogens with one attached hydrogen (secondary N) is 1. The van der Waals surface area contributed by atoms with Crippen molar-refractivity contribution in [3.8, 4) is 6.07 Å². The molecule has 4 rings (SSSR count). The Kier molecular flexibility index (Phi) is 8.42. The van der Waals surface area contributed by atoms with Crippen molar-refractivity contribution in [2.75, 3.05) is 5.32 Å². The lowest BCUT2D eigenvalue weighted by Crippen LogP contribution is -2.35. The number of carbonyl (C=O) groups excluding carboxylic acids is 1. The lowest BCUT2D eigenvalue weighted by Gasteiger charge is -2.33. The third-order valence-corrected chi connectivity index (χ3v) is 8.15. The molecule has 1 N–H and O–H groups in total. The van der Waals surface area contributed by atoms with Crippen molar-refractivity contribution in [3.63, 3.8) is 0 Å². The van der Waals surface area contributed by atoms with Crippen molar-refractivity contribution in [1.82, 2.24) is 9.97 Å². The molecule has 1 saturated carbocycles. The number of carbonyl (C=O) groups is 1. The summed E-state index contributed by atoms with van der Waals surface area (Å²) in [6.07, 6.45) is 3.47. The molecule has 0 saturated heterocycles. The van der Waals surface area contributed by atoms with E-state index >= 15 is 0 Å². The van der Waals surface area contributed by atoms with Gasteiger partial charge in [-0.2, -0.15) is 5.26 Å². The minimum Gasteiger partial charge on any atom is -0.363 e. The number of aryl methyl sites for hydroxylation is 1. The van der Waals surface area contributed by atoms with Crippen LogP contribution in [0.3, 0.4) is 0 Å². The van der Waals surface area contributed by atoms with Crippen molar-refractivity contribution < 1.29 is 18.0 Å². The number of fused-ring (bicyclic) bond motifs is 1. The number of halogens is 4. The number of alkyl halides is 2. The molecule has 1 aromatic heterocycles. The third-order valence-electron chi connectivity index (χ3n) is 7.99. The number of hydrogen-bond acceptors (Lipinski definition) is 5. The van der Waals surface area contributed by atoms with Gasteiger partial charge in [0.05, 0.1) is 23.4 Å². The molecule has 1 aromatic carbocycles. The van der Waals surface area contributed by atoms with Gasteiger partial charge in [0.1, 0.15) is 17.1 Å². The first kappa shape index (κ1) is 27.4. The van der Waals surface area contributed by atoms with Gasteiger partial charge in [-0.15, -0.1) is 0 Å². The molecule has 1 heterocycles. The summed E-state index contributed by atoms with van der Waals surface area (Å²) in [6, 6.07) is 5.67. The summed E-state index contributed by atoms with van der Waals surface area (Å²) in [5.74, 6) is 0.137.